The summed E-state index contributed by atoms with van der Waals surface area (Å²) in [6, 6.07) is 12.0. The number of hydrogen-bond donors (Lipinski definition) is 0. The molecule has 1 aliphatic heterocycles. The highest BCUT2D eigenvalue weighted by Crippen LogP contribution is 2.13. The Kier molecular flexibility index (Phi) is 5.22. The van der Waals surface area contributed by atoms with E-state index in [0.717, 1.165) is 11.3 Å². The van der Waals surface area contributed by atoms with Gasteiger partial charge < -0.3 is 14.4 Å². The summed E-state index contributed by atoms with van der Waals surface area (Å²) in [4.78, 5) is 28.3. The molecular formula is C20H25N3O2. The Balaban J connectivity index is 1.54. The van der Waals surface area contributed by atoms with Gasteiger partial charge in [0.1, 0.15) is 0 Å². The van der Waals surface area contributed by atoms with E-state index in [2.05, 4.69) is 0 Å². The van der Waals surface area contributed by atoms with E-state index in [9.17, 15) is 9.59 Å². The number of nitrogens with zero attached hydrogens (tertiary/aromatic N) is 3. The van der Waals surface area contributed by atoms with Crippen LogP contribution in [0, 0.1) is 5.92 Å². The number of hydrogen-bond acceptors (Lipinski definition) is 2. The quantitative estimate of drug-likeness (QED) is 0.858. The zero-order valence-electron chi connectivity index (χ0n) is 14.9. The molecule has 2 aromatic rings. The fourth-order valence-electron chi connectivity index (χ4n) is 3.12. The van der Waals surface area contributed by atoms with E-state index in [4.69, 9.17) is 0 Å². The van der Waals surface area contributed by atoms with Crippen molar-refractivity contribution in [1.82, 2.24) is 14.4 Å². The Morgan fingerprint density at radius 3 is 2.04 bits per heavy atom. The molecule has 0 unspecified atom stereocenters. The molecule has 25 heavy (non-hydrogen) atoms. The van der Waals surface area contributed by atoms with Gasteiger partial charge >= 0.3 is 0 Å². The van der Waals surface area contributed by atoms with E-state index in [1.165, 1.54) is 0 Å². The summed E-state index contributed by atoms with van der Waals surface area (Å²) in [6.45, 7) is 6.34. The molecule has 1 aromatic carbocycles. The lowest BCUT2D eigenvalue weighted by molar-refractivity contribution is -0.141. The molecule has 3 rings (SSSR count). The SMILES string of the molecule is CC(C)C(=O)N1CCN(C(=O)Cc2ccc(-n3cccc3)cc2)CC1. The highest BCUT2D eigenvalue weighted by atomic mass is 16.2. The minimum atomic E-state index is 0.0149. The van der Waals surface area contributed by atoms with Gasteiger partial charge in [0.25, 0.3) is 0 Å². The van der Waals surface area contributed by atoms with Crippen LogP contribution in [0.25, 0.3) is 5.69 Å². The first-order chi connectivity index (χ1) is 12.0. The van der Waals surface area contributed by atoms with Crippen LogP contribution < -0.4 is 0 Å². The molecule has 1 saturated heterocycles. The molecule has 0 N–H and O–H groups in total. The molecule has 0 saturated carbocycles. The Hall–Kier alpha value is -2.56. The third kappa shape index (κ3) is 4.10. The highest BCUT2D eigenvalue weighted by Gasteiger charge is 2.25. The van der Waals surface area contributed by atoms with Crippen LogP contribution in [0.2, 0.25) is 0 Å². The van der Waals surface area contributed by atoms with Gasteiger partial charge in [0.2, 0.25) is 11.8 Å². The van der Waals surface area contributed by atoms with Crippen LogP contribution in [0.5, 0.6) is 0 Å². The second kappa shape index (κ2) is 7.55. The minimum Gasteiger partial charge on any atom is -0.339 e. The highest BCUT2D eigenvalue weighted by molar-refractivity contribution is 5.80. The van der Waals surface area contributed by atoms with Crippen LogP contribution in [-0.4, -0.2) is 52.4 Å². The van der Waals surface area contributed by atoms with E-state index >= 15 is 0 Å². The van der Waals surface area contributed by atoms with Crippen LogP contribution >= 0.6 is 0 Å². The largest absolute Gasteiger partial charge is 0.339 e. The molecule has 2 heterocycles. The molecule has 0 bridgehead atoms. The predicted molar refractivity (Wildman–Crippen MR) is 97.5 cm³/mol. The maximum absolute atomic E-state index is 12.5. The van der Waals surface area contributed by atoms with Crippen LogP contribution in [0.1, 0.15) is 19.4 Å². The van der Waals surface area contributed by atoms with Gasteiger partial charge in [-0.3, -0.25) is 9.59 Å². The molecule has 0 radical (unpaired) electrons. The lowest BCUT2D eigenvalue weighted by Crippen LogP contribution is -2.51. The molecule has 5 heteroatoms. The van der Waals surface area contributed by atoms with Crippen LogP contribution in [-0.2, 0) is 16.0 Å². The number of carbonyl (C=O) groups excluding carboxylic acids is 2. The van der Waals surface area contributed by atoms with E-state index in [1.54, 1.807) is 0 Å². The molecule has 0 spiro atoms. The van der Waals surface area contributed by atoms with Gasteiger partial charge in [-0.15, -0.1) is 0 Å². The maximum Gasteiger partial charge on any atom is 0.227 e. The van der Waals surface area contributed by atoms with Crippen molar-refractivity contribution in [3.05, 3.63) is 54.4 Å². The summed E-state index contributed by atoms with van der Waals surface area (Å²) in [6.07, 6.45) is 4.40. The molecule has 0 aliphatic carbocycles. The van der Waals surface area contributed by atoms with Crippen molar-refractivity contribution in [2.75, 3.05) is 26.2 Å². The summed E-state index contributed by atoms with van der Waals surface area (Å²) < 4.78 is 2.04. The maximum atomic E-state index is 12.5. The minimum absolute atomic E-state index is 0.0149. The van der Waals surface area contributed by atoms with E-state index < -0.39 is 0 Å². The zero-order chi connectivity index (χ0) is 17.8. The summed E-state index contributed by atoms with van der Waals surface area (Å²) in [5, 5.41) is 0. The summed E-state index contributed by atoms with van der Waals surface area (Å²) >= 11 is 0. The Morgan fingerprint density at radius 1 is 0.920 bits per heavy atom. The van der Waals surface area contributed by atoms with Crippen molar-refractivity contribution < 1.29 is 9.59 Å². The number of rotatable bonds is 4. The smallest absolute Gasteiger partial charge is 0.227 e. The molecule has 0 atom stereocenters. The second-order valence-electron chi connectivity index (χ2n) is 6.79. The van der Waals surface area contributed by atoms with Gasteiger partial charge in [-0.05, 0) is 29.8 Å². The lowest BCUT2D eigenvalue weighted by Gasteiger charge is -2.35. The number of benzene rings is 1. The van der Waals surface area contributed by atoms with Crippen molar-refractivity contribution in [3.8, 4) is 5.69 Å². The standard InChI is InChI=1S/C20H25N3O2/c1-16(2)20(25)23-13-11-22(12-14-23)19(24)15-17-5-7-18(8-6-17)21-9-3-4-10-21/h3-10,16H,11-15H2,1-2H3. The van der Waals surface area contributed by atoms with E-state index in [1.807, 2.05) is 77.0 Å². The third-order valence-electron chi connectivity index (χ3n) is 4.63. The van der Waals surface area contributed by atoms with Crippen molar-refractivity contribution in [2.24, 2.45) is 5.92 Å². The summed E-state index contributed by atoms with van der Waals surface area (Å²) in [5.74, 6) is 0.319. The second-order valence-corrected chi connectivity index (χ2v) is 6.79. The number of carbonyl (C=O) groups is 2. The first-order valence-electron chi connectivity index (χ1n) is 8.83. The predicted octanol–water partition coefficient (Wildman–Crippen LogP) is 2.35. The molecule has 1 aromatic heterocycles. The lowest BCUT2D eigenvalue weighted by atomic mass is 10.1. The van der Waals surface area contributed by atoms with E-state index in [-0.39, 0.29) is 17.7 Å². The average Bonchev–Trinajstić information content (AvgIpc) is 3.16. The summed E-state index contributed by atoms with van der Waals surface area (Å²) in [5.41, 5.74) is 2.10. The van der Waals surface area contributed by atoms with Gasteiger partial charge in [-0.1, -0.05) is 26.0 Å². The van der Waals surface area contributed by atoms with Gasteiger partial charge in [0, 0.05) is 50.2 Å². The fourth-order valence-corrected chi connectivity index (χ4v) is 3.12. The van der Waals surface area contributed by atoms with E-state index in [0.29, 0.717) is 32.6 Å². The van der Waals surface area contributed by atoms with Gasteiger partial charge in [0.05, 0.1) is 6.42 Å². The zero-order valence-corrected chi connectivity index (χ0v) is 14.9. The first-order valence-corrected chi connectivity index (χ1v) is 8.83. The fraction of sp³-hybridized carbons (Fsp3) is 0.400. The Bertz CT molecular complexity index is 712. The van der Waals surface area contributed by atoms with Gasteiger partial charge in [0.15, 0.2) is 0 Å². The molecule has 132 valence electrons. The van der Waals surface area contributed by atoms with Crippen LogP contribution in [0.4, 0.5) is 0 Å². The molecule has 1 aliphatic rings. The normalized spacial score (nSPS) is 14.8. The van der Waals surface area contributed by atoms with Crippen molar-refractivity contribution in [2.45, 2.75) is 20.3 Å². The van der Waals surface area contributed by atoms with Crippen LogP contribution in [0.15, 0.2) is 48.8 Å². The number of piperazine rings is 1. The Morgan fingerprint density at radius 2 is 1.48 bits per heavy atom. The summed E-state index contributed by atoms with van der Waals surface area (Å²) in [7, 11) is 0. The third-order valence-corrected chi connectivity index (χ3v) is 4.63. The van der Waals surface area contributed by atoms with Crippen LogP contribution in [0.3, 0.4) is 0 Å². The monoisotopic (exact) mass is 339 g/mol. The number of amides is 2. The van der Waals surface area contributed by atoms with Crippen molar-refractivity contribution in [1.29, 1.82) is 0 Å². The van der Waals surface area contributed by atoms with Gasteiger partial charge in [-0.25, -0.2) is 0 Å². The molecule has 1 fully saturated rings. The average molecular weight is 339 g/mol. The number of aromatic nitrogens is 1. The Labute approximate surface area is 148 Å². The first kappa shape index (κ1) is 17.3. The van der Waals surface area contributed by atoms with Crippen molar-refractivity contribution >= 4 is 11.8 Å². The van der Waals surface area contributed by atoms with Crippen molar-refractivity contribution in [3.63, 3.8) is 0 Å². The molecule has 2 amide bonds. The molecular weight excluding hydrogens is 314 g/mol. The topological polar surface area (TPSA) is 45.6 Å². The molecule has 5 nitrogen and oxygen atoms in total. The van der Waals surface area contributed by atoms with Gasteiger partial charge in [-0.2, -0.15) is 0 Å².